The SMILES string of the molecule is CCNc1ncc(F)c(NCC(CC)CCO)n1. The van der Waals surface area contributed by atoms with E-state index in [-0.39, 0.29) is 12.4 Å². The average Bonchev–Trinajstić information content (AvgIpc) is 2.38. The first-order valence-corrected chi connectivity index (χ1v) is 6.32. The van der Waals surface area contributed by atoms with Crippen molar-refractivity contribution in [2.45, 2.75) is 26.7 Å². The van der Waals surface area contributed by atoms with Crippen LogP contribution in [0.2, 0.25) is 0 Å². The van der Waals surface area contributed by atoms with E-state index in [2.05, 4.69) is 20.6 Å². The molecule has 0 saturated heterocycles. The lowest BCUT2D eigenvalue weighted by atomic mass is 10.0. The molecule has 1 heterocycles. The molecule has 1 aromatic heterocycles. The van der Waals surface area contributed by atoms with Gasteiger partial charge in [-0.1, -0.05) is 13.3 Å². The second-order valence-electron chi connectivity index (χ2n) is 4.09. The summed E-state index contributed by atoms with van der Waals surface area (Å²) in [5.41, 5.74) is 0. The first-order chi connectivity index (χ1) is 8.71. The van der Waals surface area contributed by atoms with Gasteiger partial charge < -0.3 is 15.7 Å². The summed E-state index contributed by atoms with van der Waals surface area (Å²) in [5, 5.41) is 14.8. The van der Waals surface area contributed by atoms with Crippen molar-refractivity contribution < 1.29 is 9.50 Å². The Morgan fingerprint density at radius 2 is 2.17 bits per heavy atom. The maximum Gasteiger partial charge on any atom is 0.224 e. The summed E-state index contributed by atoms with van der Waals surface area (Å²) in [5.74, 6) is 0.469. The fraction of sp³-hybridized carbons (Fsp3) is 0.667. The predicted molar refractivity (Wildman–Crippen MR) is 70.1 cm³/mol. The van der Waals surface area contributed by atoms with E-state index >= 15 is 0 Å². The number of rotatable bonds is 8. The molecule has 0 aliphatic carbocycles. The van der Waals surface area contributed by atoms with Gasteiger partial charge >= 0.3 is 0 Å². The lowest BCUT2D eigenvalue weighted by Crippen LogP contribution is -2.17. The molecule has 0 amide bonds. The van der Waals surface area contributed by atoms with Gasteiger partial charge in [-0.25, -0.2) is 9.37 Å². The van der Waals surface area contributed by atoms with Gasteiger partial charge in [0.25, 0.3) is 0 Å². The van der Waals surface area contributed by atoms with Gasteiger partial charge in [-0.05, 0) is 19.3 Å². The lowest BCUT2D eigenvalue weighted by Gasteiger charge is -2.15. The molecular formula is C12H21FN4O. The molecule has 1 rings (SSSR count). The van der Waals surface area contributed by atoms with E-state index in [1.165, 1.54) is 0 Å². The zero-order valence-corrected chi connectivity index (χ0v) is 10.9. The van der Waals surface area contributed by atoms with Gasteiger partial charge in [0.1, 0.15) is 0 Å². The molecule has 0 aromatic carbocycles. The molecule has 0 saturated carbocycles. The van der Waals surface area contributed by atoms with E-state index in [1.54, 1.807) is 0 Å². The Morgan fingerprint density at radius 1 is 1.39 bits per heavy atom. The molecule has 0 radical (unpaired) electrons. The molecule has 0 fully saturated rings. The molecular weight excluding hydrogens is 235 g/mol. The maximum absolute atomic E-state index is 13.5. The van der Waals surface area contributed by atoms with E-state index in [1.807, 2.05) is 13.8 Å². The summed E-state index contributed by atoms with van der Waals surface area (Å²) in [4.78, 5) is 7.89. The molecule has 0 spiro atoms. The van der Waals surface area contributed by atoms with Gasteiger partial charge in [-0.2, -0.15) is 4.98 Å². The molecule has 5 nitrogen and oxygen atoms in total. The standard InChI is InChI=1S/C12H21FN4O/c1-3-9(5-6-18)7-15-11-10(13)8-16-12(17-11)14-4-2/h8-9,18H,3-7H2,1-2H3,(H2,14,15,16,17). The Kier molecular flexibility index (Phi) is 6.35. The first-order valence-electron chi connectivity index (χ1n) is 6.32. The number of aromatic nitrogens is 2. The number of aliphatic hydroxyl groups is 1. The van der Waals surface area contributed by atoms with Crippen LogP contribution in [0.5, 0.6) is 0 Å². The summed E-state index contributed by atoms with van der Waals surface area (Å²) in [6.45, 7) is 5.40. The Labute approximate surface area is 107 Å². The predicted octanol–water partition coefficient (Wildman–Crippen LogP) is 1.87. The summed E-state index contributed by atoms with van der Waals surface area (Å²) in [7, 11) is 0. The normalized spacial score (nSPS) is 12.2. The van der Waals surface area contributed by atoms with Gasteiger partial charge in [-0.3, -0.25) is 0 Å². The maximum atomic E-state index is 13.5. The van der Waals surface area contributed by atoms with E-state index < -0.39 is 5.82 Å². The smallest absolute Gasteiger partial charge is 0.224 e. The number of nitrogens with one attached hydrogen (secondary N) is 2. The summed E-state index contributed by atoms with van der Waals surface area (Å²) >= 11 is 0. The van der Waals surface area contributed by atoms with Crippen molar-refractivity contribution in [2.24, 2.45) is 5.92 Å². The van der Waals surface area contributed by atoms with Crippen molar-refractivity contribution in [3.8, 4) is 0 Å². The van der Waals surface area contributed by atoms with Crippen LogP contribution in [0.4, 0.5) is 16.2 Å². The molecule has 1 unspecified atom stereocenters. The van der Waals surface area contributed by atoms with Crippen molar-refractivity contribution in [3.05, 3.63) is 12.0 Å². The van der Waals surface area contributed by atoms with Crippen molar-refractivity contribution >= 4 is 11.8 Å². The van der Waals surface area contributed by atoms with Gasteiger partial charge in [0.2, 0.25) is 5.95 Å². The topological polar surface area (TPSA) is 70.1 Å². The minimum absolute atomic E-state index is 0.148. The molecule has 18 heavy (non-hydrogen) atoms. The number of anilines is 2. The highest BCUT2D eigenvalue weighted by Gasteiger charge is 2.10. The molecule has 6 heteroatoms. The fourth-order valence-corrected chi connectivity index (χ4v) is 1.61. The van der Waals surface area contributed by atoms with Crippen LogP contribution in [-0.2, 0) is 0 Å². The van der Waals surface area contributed by atoms with Gasteiger partial charge in [0, 0.05) is 19.7 Å². The third-order valence-electron chi connectivity index (χ3n) is 2.75. The Balaban J connectivity index is 2.62. The van der Waals surface area contributed by atoms with E-state index in [0.29, 0.717) is 31.4 Å². The van der Waals surface area contributed by atoms with Gasteiger partial charge in [-0.15, -0.1) is 0 Å². The van der Waals surface area contributed by atoms with Crippen molar-refractivity contribution in [2.75, 3.05) is 30.3 Å². The highest BCUT2D eigenvalue weighted by molar-refractivity contribution is 5.40. The fourth-order valence-electron chi connectivity index (χ4n) is 1.61. The van der Waals surface area contributed by atoms with E-state index in [0.717, 1.165) is 12.6 Å². The minimum atomic E-state index is -0.462. The molecule has 1 atom stereocenters. The van der Waals surface area contributed by atoms with Crippen LogP contribution < -0.4 is 10.6 Å². The van der Waals surface area contributed by atoms with Crippen LogP contribution in [0.25, 0.3) is 0 Å². The third-order valence-corrected chi connectivity index (χ3v) is 2.75. The summed E-state index contributed by atoms with van der Waals surface area (Å²) in [6, 6.07) is 0. The van der Waals surface area contributed by atoms with Crippen LogP contribution in [0.15, 0.2) is 6.20 Å². The largest absolute Gasteiger partial charge is 0.396 e. The van der Waals surface area contributed by atoms with Crippen molar-refractivity contribution in [1.82, 2.24) is 9.97 Å². The first kappa shape index (κ1) is 14.6. The molecule has 102 valence electrons. The van der Waals surface area contributed by atoms with E-state index in [4.69, 9.17) is 5.11 Å². The highest BCUT2D eigenvalue weighted by atomic mass is 19.1. The third kappa shape index (κ3) is 4.44. The van der Waals surface area contributed by atoms with Crippen LogP contribution in [-0.4, -0.2) is 34.8 Å². The van der Waals surface area contributed by atoms with Crippen molar-refractivity contribution in [1.29, 1.82) is 0 Å². The Hall–Kier alpha value is -1.43. The van der Waals surface area contributed by atoms with Crippen LogP contribution in [0.3, 0.4) is 0 Å². The molecule has 0 bridgehead atoms. The number of hydrogen-bond donors (Lipinski definition) is 3. The molecule has 1 aromatic rings. The second-order valence-corrected chi connectivity index (χ2v) is 4.09. The monoisotopic (exact) mass is 256 g/mol. The minimum Gasteiger partial charge on any atom is -0.396 e. The quantitative estimate of drug-likeness (QED) is 0.662. The average molecular weight is 256 g/mol. The van der Waals surface area contributed by atoms with Crippen molar-refractivity contribution in [3.63, 3.8) is 0 Å². The Morgan fingerprint density at radius 3 is 2.78 bits per heavy atom. The zero-order chi connectivity index (χ0) is 13.4. The van der Waals surface area contributed by atoms with Crippen LogP contribution in [0.1, 0.15) is 26.7 Å². The van der Waals surface area contributed by atoms with Gasteiger partial charge in [0.15, 0.2) is 11.6 Å². The number of nitrogens with zero attached hydrogens (tertiary/aromatic N) is 2. The molecule has 0 aliphatic heterocycles. The zero-order valence-electron chi connectivity index (χ0n) is 10.9. The molecule has 0 aliphatic rings. The van der Waals surface area contributed by atoms with Gasteiger partial charge in [0.05, 0.1) is 6.20 Å². The number of hydrogen-bond acceptors (Lipinski definition) is 5. The summed E-state index contributed by atoms with van der Waals surface area (Å²) < 4.78 is 13.5. The molecule has 3 N–H and O–H groups in total. The Bertz CT molecular complexity index is 362. The number of halogens is 1. The van der Waals surface area contributed by atoms with Crippen LogP contribution in [0, 0.1) is 11.7 Å². The summed E-state index contributed by atoms with van der Waals surface area (Å²) in [6.07, 6.45) is 2.79. The van der Waals surface area contributed by atoms with E-state index in [9.17, 15) is 4.39 Å². The van der Waals surface area contributed by atoms with Crippen LogP contribution >= 0.6 is 0 Å². The lowest BCUT2D eigenvalue weighted by molar-refractivity contribution is 0.258. The number of aliphatic hydroxyl groups excluding tert-OH is 1. The highest BCUT2D eigenvalue weighted by Crippen LogP contribution is 2.14. The second kappa shape index (κ2) is 7.81.